The molecule has 0 saturated heterocycles. The number of carbonyl (C=O) groups excluding carboxylic acids is 2. The first kappa shape index (κ1) is 18.0. The van der Waals surface area contributed by atoms with Crippen molar-refractivity contribution in [3.63, 3.8) is 0 Å². The van der Waals surface area contributed by atoms with Gasteiger partial charge in [-0.05, 0) is 24.1 Å². The Morgan fingerprint density at radius 3 is 2.38 bits per heavy atom. The standard InChI is InChI=1S/C17H18F2O5/c1-24-16(23)13-9-17(18,19)7-6-12(13)14(20)8-10-2-4-11(5-3-10)15(21)22/h2-5,12-13H,6-9H2,1H3,(H,21,22)/t12-,13+/m1/s1. The van der Waals surface area contributed by atoms with E-state index >= 15 is 0 Å². The average Bonchev–Trinajstić information content (AvgIpc) is 2.53. The number of hydrogen-bond donors (Lipinski definition) is 1. The molecule has 0 spiro atoms. The molecule has 1 aromatic rings. The van der Waals surface area contributed by atoms with Crippen molar-refractivity contribution >= 4 is 17.7 Å². The SMILES string of the molecule is COC(=O)[C@H]1CC(F)(F)CC[C@H]1C(=O)Cc1ccc(C(=O)O)cc1. The van der Waals surface area contributed by atoms with Crippen molar-refractivity contribution < 1.29 is 33.0 Å². The van der Waals surface area contributed by atoms with Gasteiger partial charge in [-0.2, -0.15) is 0 Å². The summed E-state index contributed by atoms with van der Waals surface area (Å²) in [7, 11) is 1.11. The lowest BCUT2D eigenvalue weighted by molar-refractivity contribution is -0.160. The summed E-state index contributed by atoms with van der Waals surface area (Å²) in [6.45, 7) is 0. The Kier molecular flexibility index (Phi) is 5.31. The zero-order valence-corrected chi connectivity index (χ0v) is 13.1. The molecule has 5 nitrogen and oxygen atoms in total. The van der Waals surface area contributed by atoms with Crippen LogP contribution in [0.25, 0.3) is 0 Å². The number of aromatic carboxylic acids is 1. The number of carboxylic acids is 1. The number of carbonyl (C=O) groups is 3. The maximum atomic E-state index is 13.6. The van der Waals surface area contributed by atoms with E-state index in [2.05, 4.69) is 4.74 Å². The molecule has 2 rings (SSSR count). The number of Topliss-reactive ketones (excluding diaryl/α,β-unsaturated/α-hetero) is 1. The Labute approximate surface area is 137 Å². The molecule has 1 aromatic carbocycles. The molecule has 0 aromatic heterocycles. The minimum absolute atomic E-state index is 0.0381. The molecular formula is C17H18F2O5. The van der Waals surface area contributed by atoms with Crippen molar-refractivity contribution in [1.29, 1.82) is 0 Å². The molecule has 1 aliphatic rings. The van der Waals surface area contributed by atoms with Gasteiger partial charge in [-0.15, -0.1) is 0 Å². The molecule has 7 heteroatoms. The van der Waals surface area contributed by atoms with Crippen LogP contribution in [-0.4, -0.2) is 35.9 Å². The monoisotopic (exact) mass is 340 g/mol. The number of ketones is 1. The third-order valence-electron chi connectivity index (χ3n) is 4.32. The lowest BCUT2D eigenvalue weighted by Gasteiger charge is -2.33. The summed E-state index contributed by atoms with van der Waals surface area (Å²) in [6, 6.07) is 5.76. The molecule has 2 atom stereocenters. The van der Waals surface area contributed by atoms with Gasteiger partial charge in [0, 0.05) is 25.2 Å². The number of hydrogen-bond acceptors (Lipinski definition) is 4. The molecule has 1 aliphatic carbocycles. The van der Waals surface area contributed by atoms with Gasteiger partial charge in [0.15, 0.2) is 0 Å². The molecule has 0 amide bonds. The number of halogens is 2. The number of benzene rings is 1. The van der Waals surface area contributed by atoms with E-state index < -0.39 is 42.5 Å². The molecule has 24 heavy (non-hydrogen) atoms. The quantitative estimate of drug-likeness (QED) is 0.834. The minimum Gasteiger partial charge on any atom is -0.478 e. The van der Waals surface area contributed by atoms with E-state index in [1.807, 2.05) is 0 Å². The highest BCUT2D eigenvalue weighted by Gasteiger charge is 2.47. The summed E-state index contributed by atoms with van der Waals surface area (Å²) >= 11 is 0. The van der Waals surface area contributed by atoms with Crippen molar-refractivity contribution in [2.75, 3.05) is 7.11 Å². The van der Waals surface area contributed by atoms with E-state index in [1.165, 1.54) is 24.3 Å². The molecular weight excluding hydrogens is 322 g/mol. The van der Waals surface area contributed by atoms with E-state index in [1.54, 1.807) is 0 Å². The Morgan fingerprint density at radius 2 is 1.83 bits per heavy atom. The van der Waals surface area contributed by atoms with Crippen LogP contribution in [0.1, 0.15) is 35.2 Å². The fraction of sp³-hybridized carbons (Fsp3) is 0.471. The van der Waals surface area contributed by atoms with Gasteiger partial charge in [0.25, 0.3) is 0 Å². The number of methoxy groups -OCH3 is 1. The second kappa shape index (κ2) is 7.07. The van der Waals surface area contributed by atoms with Gasteiger partial charge >= 0.3 is 11.9 Å². The molecule has 1 N–H and O–H groups in total. The van der Waals surface area contributed by atoms with Crippen molar-refractivity contribution in [3.05, 3.63) is 35.4 Å². The van der Waals surface area contributed by atoms with E-state index in [0.717, 1.165) is 7.11 Å². The highest BCUT2D eigenvalue weighted by molar-refractivity contribution is 5.89. The van der Waals surface area contributed by atoms with E-state index in [-0.39, 0.29) is 24.2 Å². The highest BCUT2D eigenvalue weighted by Crippen LogP contribution is 2.41. The summed E-state index contributed by atoms with van der Waals surface area (Å²) < 4.78 is 31.7. The Morgan fingerprint density at radius 1 is 1.21 bits per heavy atom. The largest absolute Gasteiger partial charge is 0.478 e. The first-order valence-electron chi connectivity index (χ1n) is 7.54. The first-order chi connectivity index (χ1) is 11.2. The zero-order chi connectivity index (χ0) is 17.9. The minimum atomic E-state index is -2.97. The van der Waals surface area contributed by atoms with E-state index in [9.17, 15) is 23.2 Å². The predicted octanol–water partition coefficient (Wildman–Crippen LogP) is 2.72. The second-order valence-corrected chi connectivity index (χ2v) is 5.98. The molecule has 1 saturated carbocycles. The Balaban J connectivity index is 2.11. The number of ether oxygens (including phenoxy) is 1. The molecule has 0 unspecified atom stereocenters. The molecule has 0 bridgehead atoms. The lowest BCUT2D eigenvalue weighted by Crippen LogP contribution is -2.41. The third kappa shape index (κ3) is 4.15. The van der Waals surface area contributed by atoms with Crippen LogP contribution in [0.2, 0.25) is 0 Å². The van der Waals surface area contributed by atoms with Crippen LogP contribution >= 0.6 is 0 Å². The maximum Gasteiger partial charge on any atom is 0.335 e. The van der Waals surface area contributed by atoms with Crippen LogP contribution in [0, 0.1) is 11.8 Å². The Bertz CT molecular complexity index is 639. The van der Waals surface area contributed by atoms with Crippen LogP contribution in [0.5, 0.6) is 0 Å². The second-order valence-electron chi connectivity index (χ2n) is 5.98. The normalized spacial score (nSPS) is 22.6. The van der Waals surface area contributed by atoms with Gasteiger partial charge in [-0.25, -0.2) is 13.6 Å². The first-order valence-corrected chi connectivity index (χ1v) is 7.54. The van der Waals surface area contributed by atoms with E-state index in [4.69, 9.17) is 5.11 Å². The van der Waals surface area contributed by atoms with E-state index in [0.29, 0.717) is 5.56 Å². The zero-order valence-electron chi connectivity index (χ0n) is 13.1. The molecule has 0 radical (unpaired) electrons. The topological polar surface area (TPSA) is 80.7 Å². The van der Waals surface area contributed by atoms with Crippen molar-refractivity contribution in [2.45, 2.75) is 31.6 Å². The molecule has 1 fully saturated rings. The van der Waals surface area contributed by atoms with Gasteiger partial charge < -0.3 is 9.84 Å². The van der Waals surface area contributed by atoms with Crippen molar-refractivity contribution in [2.24, 2.45) is 11.8 Å². The lowest BCUT2D eigenvalue weighted by atomic mass is 9.74. The van der Waals surface area contributed by atoms with Gasteiger partial charge in [0.1, 0.15) is 5.78 Å². The van der Waals surface area contributed by atoms with Gasteiger partial charge in [-0.3, -0.25) is 9.59 Å². The van der Waals surface area contributed by atoms with Gasteiger partial charge in [0.05, 0.1) is 18.6 Å². The third-order valence-corrected chi connectivity index (χ3v) is 4.32. The summed E-state index contributed by atoms with van der Waals surface area (Å²) in [4.78, 5) is 35.0. The maximum absolute atomic E-state index is 13.6. The summed E-state index contributed by atoms with van der Waals surface area (Å²) in [6.07, 6.45) is -1.23. The fourth-order valence-electron chi connectivity index (χ4n) is 3.02. The van der Waals surface area contributed by atoms with Crippen LogP contribution < -0.4 is 0 Å². The molecule has 0 heterocycles. The number of esters is 1. The highest BCUT2D eigenvalue weighted by atomic mass is 19.3. The van der Waals surface area contributed by atoms with Crippen LogP contribution in [-0.2, 0) is 20.7 Å². The number of rotatable bonds is 5. The van der Waals surface area contributed by atoms with Gasteiger partial charge in [-0.1, -0.05) is 12.1 Å². The summed E-state index contributed by atoms with van der Waals surface area (Å²) in [5, 5.41) is 8.84. The fourth-order valence-corrected chi connectivity index (χ4v) is 3.02. The van der Waals surface area contributed by atoms with Crippen LogP contribution in [0.15, 0.2) is 24.3 Å². The Hall–Kier alpha value is -2.31. The van der Waals surface area contributed by atoms with Gasteiger partial charge in [0.2, 0.25) is 5.92 Å². The van der Waals surface area contributed by atoms with Crippen molar-refractivity contribution in [3.8, 4) is 0 Å². The van der Waals surface area contributed by atoms with Crippen LogP contribution in [0.4, 0.5) is 8.78 Å². The summed E-state index contributed by atoms with van der Waals surface area (Å²) in [5.74, 6) is -7.12. The molecule has 0 aliphatic heterocycles. The van der Waals surface area contributed by atoms with Crippen LogP contribution in [0.3, 0.4) is 0 Å². The number of alkyl halides is 2. The number of carboxylic acid groups (broad SMARTS) is 1. The van der Waals surface area contributed by atoms with Crippen molar-refractivity contribution in [1.82, 2.24) is 0 Å². The predicted molar refractivity (Wildman–Crippen MR) is 79.9 cm³/mol. The average molecular weight is 340 g/mol. The summed E-state index contributed by atoms with van der Waals surface area (Å²) in [5.41, 5.74) is 0.668. The smallest absolute Gasteiger partial charge is 0.335 e. The molecule has 130 valence electrons.